The third kappa shape index (κ3) is 2.36. The molecular formula is C13H25NO. The van der Waals surface area contributed by atoms with E-state index in [0.717, 1.165) is 17.9 Å². The molecule has 2 heteroatoms. The number of aliphatic hydroxyl groups is 1. The van der Waals surface area contributed by atoms with Gasteiger partial charge in [0.25, 0.3) is 0 Å². The van der Waals surface area contributed by atoms with Gasteiger partial charge in [0.15, 0.2) is 0 Å². The van der Waals surface area contributed by atoms with Crippen LogP contribution in [0.2, 0.25) is 0 Å². The molecular weight excluding hydrogens is 186 g/mol. The molecule has 0 aromatic rings. The molecule has 1 saturated heterocycles. The number of rotatable bonds is 2. The fourth-order valence-corrected chi connectivity index (χ4v) is 3.36. The van der Waals surface area contributed by atoms with Gasteiger partial charge in [0.05, 0.1) is 6.61 Å². The molecule has 0 spiro atoms. The standard InChI is InChI=1S/C13H25NO/c1-10-5-6-12(8-11(10)2)14-7-3-4-13(14)9-15/h10-13,15H,3-9H2,1-2H3/t10?,11?,12?,13-/m1/s1. The molecule has 0 aromatic carbocycles. The number of aliphatic hydroxyl groups excluding tert-OH is 1. The summed E-state index contributed by atoms with van der Waals surface area (Å²) in [5.74, 6) is 1.76. The molecule has 2 aliphatic rings. The second-order valence-corrected chi connectivity index (χ2v) is 5.64. The lowest BCUT2D eigenvalue weighted by Gasteiger charge is -2.39. The van der Waals surface area contributed by atoms with Gasteiger partial charge in [-0.2, -0.15) is 0 Å². The maximum absolute atomic E-state index is 9.34. The van der Waals surface area contributed by atoms with Crippen molar-refractivity contribution >= 4 is 0 Å². The third-order valence-electron chi connectivity index (χ3n) is 4.67. The minimum Gasteiger partial charge on any atom is -0.395 e. The predicted molar refractivity (Wildman–Crippen MR) is 62.8 cm³/mol. The van der Waals surface area contributed by atoms with Gasteiger partial charge in [-0.05, 0) is 50.5 Å². The molecule has 1 N–H and O–H groups in total. The first kappa shape index (κ1) is 11.4. The van der Waals surface area contributed by atoms with E-state index in [4.69, 9.17) is 0 Å². The van der Waals surface area contributed by atoms with Crippen LogP contribution in [-0.2, 0) is 0 Å². The highest BCUT2D eigenvalue weighted by Gasteiger charge is 2.34. The summed E-state index contributed by atoms with van der Waals surface area (Å²) < 4.78 is 0. The smallest absolute Gasteiger partial charge is 0.0586 e. The molecule has 2 nitrogen and oxygen atoms in total. The van der Waals surface area contributed by atoms with Crippen LogP contribution in [0, 0.1) is 11.8 Å². The van der Waals surface area contributed by atoms with Crippen LogP contribution in [0.15, 0.2) is 0 Å². The third-order valence-corrected chi connectivity index (χ3v) is 4.67. The molecule has 3 unspecified atom stereocenters. The molecule has 15 heavy (non-hydrogen) atoms. The lowest BCUT2D eigenvalue weighted by molar-refractivity contribution is 0.0712. The average molecular weight is 211 g/mol. The van der Waals surface area contributed by atoms with Crippen LogP contribution >= 0.6 is 0 Å². The van der Waals surface area contributed by atoms with Crippen molar-refractivity contribution in [1.29, 1.82) is 0 Å². The number of likely N-dealkylation sites (tertiary alicyclic amines) is 1. The zero-order valence-corrected chi connectivity index (χ0v) is 10.2. The van der Waals surface area contributed by atoms with E-state index < -0.39 is 0 Å². The van der Waals surface area contributed by atoms with Crippen molar-refractivity contribution in [3.05, 3.63) is 0 Å². The number of nitrogens with zero attached hydrogens (tertiary/aromatic N) is 1. The minimum atomic E-state index is 0.362. The summed E-state index contributed by atoms with van der Waals surface area (Å²) in [6.45, 7) is 6.35. The Morgan fingerprint density at radius 3 is 2.60 bits per heavy atom. The molecule has 0 bridgehead atoms. The van der Waals surface area contributed by atoms with Crippen molar-refractivity contribution in [3.63, 3.8) is 0 Å². The van der Waals surface area contributed by atoms with Gasteiger partial charge < -0.3 is 5.11 Å². The first-order chi connectivity index (χ1) is 7.22. The van der Waals surface area contributed by atoms with E-state index >= 15 is 0 Å². The predicted octanol–water partition coefficient (Wildman–Crippen LogP) is 2.27. The molecule has 1 heterocycles. The summed E-state index contributed by atoms with van der Waals surface area (Å²) in [5.41, 5.74) is 0. The van der Waals surface area contributed by atoms with Gasteiger partial charge in [0, 0.05) is 12.1 Å². The SMILES string of the molecule is CC1CCC(N2CCC[C@@H]2CO)CC1C. The lowest BCUT2D eigenvalue weighted by Crippen LogP contribution is -2.44. The van der Waals surface area contributed by atoms with Gasteiger partial charge in [0.2, 0.25) is 0 Å². The molecule has 4 atom stereocenters. The number of hydrogen-bond donors (Lipinski definition) is 1. The number of hydrogen-bond acceptors (Lipinski definition) is 2. The van der Waals surface area contributed by atoms with Crippen molar-refractivity contribution in [2.24, 2.45) is 11.8 Å². The fourth-order valence-electron chi connectivity index (χ4n) is 3.36. The molecule has 2 fully saturated rings. The largest absolute Gasteiger partial charge is 0.395 e. The van der Waals surface area contributed by atoms with Gasteiger partial charge in [-0.1, -0.05) is 13.8 Å². The average Bonchev–Trinajstić information content (AvgIpc) is 2.70. The molecule has 1 aliphatic heterocycles. The second-order valence-electron chi connectivity index (χ2n) is 5.64. The second kappa shape index (κ2) is 4.84. The highest BCUT2D eigenvalue weighted by atomic mass is 16.3. The van der Waals surface area contributed by atoms with E-state index in [0.29, 0.717) is 12.6 Å². The first-order valence-corrected chi connectivity index (χ1v) is 6.59. The Morgan fingerprint density at radius 2 is 1.93 bits per heavy atom. The zero-order chi connectivity index (χ0) is 10.8. The minimum absolute atomic E-state index is 0.362. The van der Waals surface area contributed by atoms with E-state index in [-0.39, 0.29) is 0 Å². The first-order valence-electron chi connectivity index (χ1n) is 6.59. The monoisotopic (exact) mass is 211 g/mol. The van der Waals surface area contributed by atoms with Gasteiger partial charge in [-0.3, -0.25) is 4.90 Å². The summed E-state index contributed by atoms with van der Waals surface area (Å²) in [6, 6.07) is 1.23. The van der Waals surface area contributed by atoms with Gasteiger partial charge in [-0.25, -0.2) is 0 Å². The van der Waals surface area contributed by atoms with Crippen LogP contribution in [0.1, 0.15) is 46.0 Å². The van der Waals surface area contributed by atoms with E-state index in [9.17, 15) is 5.11 Å². The van der Waals surface area contributed by atoms with Crippen molar-refractivity contribution in [2.75, 3.05) is 13.2 Å². The van der Waals surface area contributed by atoms with Crippen molar-refractivity contribution in [2.45, 2.75) is 58.0 Å². The van der Waals surface area contributed by atoms with Crippen LogP contribution in [0.25, 0.3) is 0 Å². The lowest BCUT2D eigenvalue weighted by atomic mass is 9.78. The Kier molecular flexibility index (Phi) is 3.68. The molecule has 0 radical (unpaired) electrons. The molecule has 0 amide bonds. The van der Waals surface area contributed by atoms with Crippen LogP contribution in [0.5, 0.6) is 0 Å². The maximum atomic E-state index is 9.34. The van der Waals surface area contributed by atoms with Crippen molar-refractivity contribution < 1.29 is 5.11 Å². The quantitative estimate of drug-likeness (QED) is 0.757. The molecule has 88 valence electrons. The molecule has 2 rings (SSSR count). The Labute approximate surface area is 93.7 Å². The summed E-state index contributed by atoms with van der Waals surface area (Å²) >= 11 is 0. The topological polar surface area (TPSA) is 23.5 Å². The van der Waals surface area contributed by atoms with E-state index in [1.807, 2.05) is 0 Å². The summed E-state index contributed by atoms with van der Waals surface area (Å²) in [6.07, 6.45) is 6.56. The zero-order valence-electron chi connectivity index (χ0n) is 10.2. The summed E-state index contributed by atoms with van der Waals surface area (Å²) in [4.78, 5) is 2.59. The van der Waals surface area contributed by atoms with E-state index in [2.05, 4.69) is 18.7 Å². The van der Waals surface area contributed by atoms with E-state index in [1.54, 1.807) is 0 Å². The van der Waals surface area contributed by atoms with Crippen molar-refractivity contribution in [3.8, 4) is 0 Å². The Balaban J connectivity index is 1.93. The normalized spacial score (nSPS) is 43.4. The van der Waals surface area contributed by atoms with Crippen LogP contribution in [0.3, 0.4) is 0 Å². The maximum Gasteiger partial charge on any atom is 0.0586 e. The van der Waals surface area contributed by atoms with Gasteiger partial charge in [-0.15, -0.1) is 0 Å². The summed E-state index contributed by atoms with van der Waals surface area (Å²) in [5, 5.41) is 9.34. The van der Waals surface area contributed by atoms with Crippen LogP contribution < -0.4 is 0 Å². The molecule has 0 aromatic heterocycles. The van der Waals surface area contributed by atoms with Crippen molar-refractivity contribution in [1.82, 2.24) is 4.90 Å². The Bertz CT molecular complexity index is 207. The Morgan fingerprint density at radius 1 is 1.13 bits per heavy atom. The Hall–Kier alpha value is -0.0800. The highest BCUT2D eigenvalue weighted by molar-refractivity contribution is 4.88. The summed E-state index contributed by atoms with van der Waals surface area (Å²) in [7, 11) is 0. The van der Waals surface area contributed by atoms with Crippen LogP contribution in [0.4, 0.5) is 0 Å². The van der Waals surface area contributed by atoms with Gasteiger partial charge in [0.1, 0.15) is 0 Å². The highest BCUT2D eigenvalue weighted by Crippen LogP contribution is 2.34. The van der Waals surface area contributed by atoms with E-state index in [1.165, 1.54) is 38.6 Å². The fraction of sp³-hybridized carbons (Fsp3) is 1.00. The van der Waals surface area contributed by atoms with Crippen LogP contribution in [-0.4, -0.2) is 35.2 Å². The molecule has 1 aliphatic carbocycles. The van der Waals surface area contributed by atoms with Gasteiger partial charge >= 0.3 is 0 Å². The molecule has 1 saturated carbocycles.